The molecule has 0 radical (unpaired) electrons. The fraction of sp³-hybridized carbons (Fsp3) is 0.409. The van der Waals surface area contributed by atoms with Crippen LogP contribution in [0.2, 0.25) is 0 Å². The largest absolute Gasteiger partial charge is 0.295 e. The molecule has 3 heterocycles. The van der Waals surface area contributed by atoms with Crippen molar-refractivity contribution < 1.29 is 8.42 Å². The monoisotopic (exact) mass is 412 g/mol. The second-order valence-corrected chi connectivity index (χ2v) is 10.6. The van der Waals surface area contributed by atoms with Gasteiger partial charge in [0.15, 0.2) is 0 Å². The predicted molar refractivity (Wildman–Crippen MR) is 114 cm³/mol. The van der Waals surface area contributed by atoms with E-state index in [1.165, 1.54) is 0 Å². The summed E-state index contributed by atoms with van der Waals surface area (Å²) in [6, 6.07) is 15.4. The third-order valence-corrected chi connectivity index (χ3v) is 7.41. The highest BCUT2D eigenvalue weighted by atomic mass is 32.2. The van der Waals surface area contributed by atoms with Gasteiger partial charge in [0.05, 0.1) is 16.1 Å². The Hall–Kier alpha value is -2.22. The van der Waals surface area contributed by atoms with Gasteiger partial charge in [-0.25, -0.2) is 12.9 Å². The molecule has 3 aromatic rings. The van der Waals surface area contributed by atoms with Gasteiger partial charge in [-0.1, -0.05) is 39.0 Å². The Bertz CT molecular complexity index is 1060. The molecule has 0 aliphatic carbocycles. The molecular formula is C22H28N4O2S. The molecule has 1 saturated heterocycles. The molecule has 0 N–H and O–H groups in total. The lowest BCUT2D eigenvalue weighted by atomic mass is 9.87. The zero-order valence-corrected chi connectivity index (χ0v) is 18.1. The molecule has 0 atom stereocenters. The van der Waals surface area contributed by atoms with E-state index in [4.69, 9.17) is 0 Å². The van der Waals surface area contributed by atoms with Gasteiger partial charge in [0.25, 0.3) is 0 Å². The molecule has 1 aliphatic heterocycles. The van der Waals surface area contributed by atoms with Crippen molar-refractivity contribution in [1.82, 2.24) is 18.8 Å². The molecule has 0 saturated carbocycles. The summed E-state index contributed by atoms with van der Waals surface area (Å²) in [6.07, 6.45) is 1.94. The van der Waals surface area contributed by atoms with Gasteiger partial charge in [0.2, 0.25) is 10.0 Å². The Morgan fingerprint density at radius 1 is 0.966 bits per heavy atom. The molecule has 0 bridgehead atoms. The zero-order chi connectivity index (χ0) is 20.6. The minimum Gasteiger partial charge on any atom is -0.295 e. The van der Waals surface area contributed by atoms with E-state index >= 15 is 0 Å². The molecule has 1 aromatic carbocycles. The second-order valence-electron chi connectivity index (χ2n) is 8.66. The van der Waals surface area contributed by atoms with Gasteiger partial charge in [-0.2, -0.15) is 9.40 Å². The quantitative estimate of drug-likeness (QED) is 0.661. The first-order valence-corrected chi connectivity index (χ1v) is 11.4. The summed E-state index contributed by atoms with van der Waals surface area (Å²) in [5.41, 5.74) is 3.22. The molecule has 1 fully saturated rings. The number of piperazine rings is 1. The van der Waals surface area contributed by atoms with E-state index in [1.807, 2.05) is 41.0 Å². The molecular weight excluding hydrogens is 384 g/mol. The fourth-order valence-electron chi connectivity index (χ4n) is 3.70. The smallest absolute Gasteiger partial charge is 0.243 e. The molecule has 4 rings (SSSR count). The van der Waals surface area contributed by atoms with Crippen LogP contribution < -0.4 is 0 Å². The van der Waals surface area contributed by atoms with Crippen LogP contribution in [-0.4, -0.2) is 53.4 Å². The number of hydrogen-bond donors (Lipinski definition) is 0. The Kier molecular flexibility index (Phi) is 5.23. The van der Waals surface area contributed by atoms with Gasteiger partial charge < -0.3 is 0 Å². The van der Waals surface area contributed by atoms with Crippen molar-refractivity contribution in [1.29, 1.82) is 0 Å². The summed E-state index contributed by atoms with van der Waals surface area (Å²) >= 11 is 0. The summed E-state index contributed by atoms with van der Waals surface area (Å²) < 4.78 is 29.5. The Balaban J connectivity index is 1.40. The summed E-state index contributed by atoms with van der Waals surface area (Å²) in [5.74, 6) is 0. The maximum absolute atomic E-state index is 13.0. The van der Waals surface area contributed by atoms with E-state index < -0.39 is 10.0 Å². The number of hydrogen-bond acceptors (Lipinski definition) is 4. The van der Waals surface area contributed by atoms with Crippen molar-refractivity contribution in [3.05, 3.63) is 66.0 Å². The maximum atomic E-state index is 13.0. The average Bonchev–Trinajstić information content (AvgIpc) is 3.10. The summed E-state index contributed by atoms with van der Waals surface area (Å²) in [6.45, 7) is 9.50. The van der Waals surface area contributed by atoms with Crippen LogP contribution in [0.1, 0.15) is 32.0 Å². The number of nitrogens with zero attached hydrogens (tertiary/aromatic N) is 4. The molecule has 2 aromatic heterocycles. The highest BCUT2D eigenvalue weighted by Gasteiger charge is 2.29. The van der Waals surface area contributed by atoms with Gasteiger partial charge in [-0.05, 0) is 41.3 Å². The van der Waals surface area contributed by atoms with Crippen LogP contribution in [0.25, 0.3) is 5.52 Å². The van der Waals surface area contributed by atoms with Gasteiger partial charge in [-0.15, -0.1) is 0 Å². The van der Waals surface area contributed by atoms with Crippen molar-refractivity contribution in [2.75, 3.05) is 26.2 Å². The number of benzene rings is 1. The topological polar surface area (TPSA) is 57.9 Å². The van der Waals surface area contributed by atoms with E-state index in [0.29, 0.717) is 31.1 Å². The molecule has 0 amide bonds. The second kappa shape index (κ2) is 7.55. The molecule has 1 aliphatic rings. The van der Waals surface area contributed by atoms with Crippen molar-refractivity contribution in [2.45, 2.75) is 37.6 Å². The van der Waals surface area contributed by atoms with Crippen molar-refractivity contribution in [2.24, 2.45) is 0 Å². The highest BCUT2D eigenvalue weighted by Crippen LogP contribution is 2.25. The van der Waals surface area contributed by atoms with E-state index in [2.05, 4.69) is 36.8 Å². The maximum Gasteiger partial charge on any atom is 0.243 e. The summed E-state index contributed by atoms with van der Waals surface area (Å²) in [4.78, 5) is 2.63. The first-order chi connectivity index (χ1) is 13.7. The lowest BCUT2D eigenvalue weighted by molar-refractivity contribution is 0.180. The number of fused-ring (bicyclic) bond motifs is 1. The van der Waals surface area contributed by atoms with Crippen LogP contribution >= 0.6 is 0 Å². The van der Waals surface area contributed by atoms with Gasteiger partial charge in [0, 0.05) is 38.9 Å². The van der Waals surface area contributed by atoms with Crippen LogP contribution in [0.15, 0.2) is 59.6 Å². The number of rotatable bonds is 4. The first-order valence-electron chi connectivity index (χ1n) is 10.00. The van der Waals surface area contributed by atoms with Crippen LogP contribution in [0, 0.1) is 0 Å². The van der Waals surface area contributed by atoms with Crippen LogP contribution in [0.3, 0.4) is 0 Å². The molecule has 6 nitrogen and oxygen atoms in total. The third-order valence-electron chi connectivity index (χ3n) is 5.50. The molecule has 29 heavy (non-hydrogen) atoms. The molecule has 7 heteroatoms. The standard InChI is InChI=1S/C22H28N4O2S/c1-22(2,3)18-7-9-21(10-8-18)29(27,28)25-14-12-24(13-15-25)17-19-16-20-6-4-5-11-26(20)23-19/h4-11,16H,12-15,17H2,1-3H3. The van der Waals surface area contributed by atoms with Crippen LogP contribution in [0.5, 0.6) is 0 Å². The number of aromatic nitrogens is 2. The predicted octanol–water partition coefficient (Wildman–Crippen LogP) is 3.14. The minimum atomic E-state index is -3.45. The SMILES string of the molecule is CC(C)(C)c1ccc(S(=O)(=O)N2CCN(Cc3cc4ccccn4n3)CC2)cc1. The fourth-order valence-corrected chi connectivity index (χ4v) is 5.12. The molecule has 154 valence electrons. The highest BCUT2D eigenvalue weighted by molar-refractivity contribution is 7.89. The number of sulfonamides is 1. The van der Waals surface area contributed by atoms with Gasteiger partial charge in [0.1, 0.15) is 0 Å². The van der Waals surface area contributed by atoms with Gasteiger partial charge >= 0.3 is 0 Å². The Morgan fingerprint density at radius 3 is 2.28 bits per heavy atom. The zero-order valence-electron chi connectivity index (χ0n) is 17.2. The Morgan fingerprint density at radius 2 is 1.66 bits per heavy atom. The minimum absolute atomic E-state index is 0.00579. The average molecular weight is 413 g/mol. The summed E-state index contributed by atoms with van der Waals surface area (Å²) in [7, 11) is -3.45. The van der Waals surface area contributed by atoms with Crippen molar-refractivity contribution in [3.63, 3.8) is 0 Å². The summed E-state index contributed by atoms with van der Waals surface area (Å²) in [5, 5.41) is 4.59. The lowest BCUT2D eigenvalue weighted by Crippen LogP contribution is -2.48. The Labute approximate surface area is 172 Å². The lowest BCUT2D eigenvalue weighted by Gasteiger charge is -2.33. The van der Waals surface area contributed by atoms with E-state index in [1.54, 1.807) is 16.4 Å². The van der Waals surface area contributed by atoms with Crippen LogP contribution in [-0.2, 0) is 22.0 Å². The van der Waals surface area contributed by atoms with Crippen molar-refractivity contribution >= 4 is 15.5 Å². The van der Waals surface area contributed by atoms with Crippen molar-refractivity contribution in [3.8, 4) is 0 Å². The third kappa shape index (κ3) is 4.22. The van der Waals surface area contributed by atoms with Crippen LogP contribution in [0.4, 0.5) is 0 Å². The molecule has 0 spiro atoms. The van der Waals surface area contributed by atoms with Gasteiger partial charge in [-0.3, -0.25) is 4.90 Å². The number of pyridine rings is 1. The normalized spacial score (nSPS) is 17.1. The first kappa shape index (κ1) is 20.1. The molecule has 0 unspecified atom stereocenters. The van der Waals surface area contributed by atoms with E-state index in [0.717, 1.165) is 23.3 Å². The van der Waals surface area contributed by atoms with E-state index in [-0.39, 0.29) is 5.41 Å². The van der Waals surface area contributed by atoms with E-state index in [9.17, 15) is 8.42 Å².